The van der Waals surface area contributed by atoms with Crippen molar-refractivity contribution in [3.05, 3.63) is 47.9 Å². The van der Waals surface area contributed by atoms with Crippen molar-refractivity contribution in [3.8, 4) is 0 Å². The number of rotatable bonds is 4. The van der Waals surface area contributed by atoms with E-state index >= 15 is 0 Å². The molecule has 0 fully saturated rings. The van der Waals surface area contributed by atoms with Crippen LogP contribution in [0, 0.1) is 0 Å². The lowest BCUT2D eigenvalue weighted by molar-refractivity contribution is -0.113. The Bertz CT molecular complexity index is 536. The molecular weight excluding hydrogens is 270 g/mol. The van der Waals surface area contributed by atoms with Crippen LogP contribution in [0.15, 0.2) is 47.6 Å². The molecule has 0 aliphatic rings. The van der Waals surface area contributed by atoms with E-state index in [4.69, 9.17) is 11.6 Å². The molecule has 1 heterocycles. The molecule has 0 atom stereocenters. The molecule has 0 aliphatic carbocycles. The molecule has 1 amide bonds. The van der Waals surface area contributed by atoms with Crippen molar-refractivity contribution in [2.24, 2.45) is 0 Å². The van der Waals surface area contributed by atoms with Crippen molar-refractivity contribution in [1.82, 2.24) is 9.97 Å². The standard InChI is InChI=1S/C12H10ClN3OS/c13-10-6-14-7-11(15-10)16-12(17)8-18-9-4-2-1-3-5-9/h1-7H,8H2,(H,15,16,17). The van der Waals surface area contributed by atoms with Crippen LogP contribution in [0.5, 0.6) is 0 Å². The lowest BCUT2D eigenvalue weighted by atomic mass is 10.4. The summed E-state index contributed by atoms with van der Waals surface area (Å²) in [7, 11) is 0. The Morgan fingerprint density at radius 3 is 2.78 bits per heavy atom. The number of amides is 1. The Kier molecular flexibility index (Phi) is 4.55. The van der Waals surface area contributed by atoms with Gasteiger partial charge in [0.15, 0.2) is 5.82 Å². The maximum atomic E-state index is 11.7. The molecule has 0 saturated carbocycles. The third-order valence-corrected chi connectivity index (χ3v) is 3.18. The Labute approximate surface area is 114 Å². The van der Waals surface area contributed by atoms with Crippen LogP contribution in [0.1, 0.15) is 0 Å². The molecule has 0 aliphatic heterocycles. The van der Waals surface area contributed by atoms with Crippen molar-refractivity contribution >= 4 is 35.1 Å². The monoisotopic (exact) mass is 279 g/mol. The van der Waals surface area contributed by atoms with Gasteiger partial charge in [0.25, 0.3) is 0 Å². The van der Waals surface area contributed by atoms with Crippen LogP contribution in [-0.4, -0.2) is 21.6 Å². The van der Waals surface area contributed by atoms with Crippen molar-refractivity contribution in [2.45, 2.75) is 4.90 Å². The van der Waals surface area contributed by atoms with Gasteiger partial charge in [0.1, 0.15) is 5.15 Å². The number of anilines is 1. The maximum absolute atomic E-state index is 11.7. The predicted molar refractivity (Wildman–Crippen MR) is 72.8 cm³/mol. The Balaban J connectivity index is 1.86. The summed E-state index contributed by atoms with van der Waals surface area (Å²) >= 11 is 7.13. The zero-order valence-electron chi connectivity index (χ0n) is 9.34. The first kappa shape index (κ1) is 12.9. The lowest BCUT2D eigenvalue weighted by Gasteiger charge is -2.04. The van der Waals surface area contributed by atoms with Crippen LogP contribution >= 0.6 is 23.4 Å². The number of nitrogens with zero attached hydrogens (tertiary/aromatic N) is 2. The summed E-state index contributed by atoms with van der Waals surface area (Å²) in [4.78, 5) is 20.5. The van der Waals surface area contributed by atoms with Gasteiger partial charge >= 0.3 is 0 Å². The van der Waals surface area contributed by atoms with E-state index in [0.29, 0.717) is 11.6 Å². The molecule has 1 N–H and O–H groups in total. The van der Waals surface area contributed by atoms with Crippen LogP contribution in [0.25, 0.3) is 0 Å². The third kappa shape index (κ3) is 4.01. The lowest BCUT2D eigenvalue weighted by Crippen LogP contribution is -2.15. The minimum atomic E-state index is -0.139. The number of thioether (sulfide) groups is 1. The summed E-state index contributed by atoms with van der Waals surface area (Å²) in [6, 6.07) is 9.71. The van der Waals surface area contributed by atoms with Gasteiger partial charge in [0.05, 0.1) is 18.1 Å². The van der Waals surface area contributed by atoms with E-state index in [-0.39, 0.29) is 11.1 Å². The van der Waals surface area contributed by atoms with E-state index in [1.807, 2.05) is 30.3 Å². The van der Waals surface area contributed by atoms with Crippen molar-refractivity contribution in [3.63, 3.8) is 0 Å². The second-order valence-electron chi connectivity index (χ2n) is 3.38. The van der Waals surface area contributed by atoms with Crippen LogP contribution in [0.4, 0.5) is 5.82 Å². The number of aromatic nitrogens is 2. The third-order valence-electron chi connectivity index (χ3n) is 1.99. The average Bonchev–Trinajstić information content (AvgIpc) is 2.38. The molecule has 1 aromatic carbocycles. The number of carbonyl (C=O) groups is 1. The number of carbonyl (C=O) groups excluding carboxylic acids is 1. The predicted octanol–water partition coefficient (Wildman–Crippen LogP) is 2.86. The van der Waals surface area contributed by atoms with E-state index in [0.717, 1.165) is 4.90 Å². The smallest absolute Gasteiger partial charge is 0.235 e. The molecule has 0 radical (unpaired) electrons. The highest BCUT2D eigenvalue weighted by Gasteiger charge is 2.05. The van der Waals surface area contributed by atoms with Crippen LogP contribution in [0.3, 0.4) is 0 Å². The number of hydrogen-bond acceptors (Lipinski definition) is 4. The molecular formula is C12H10ClN3OS. The van der Waals surface area contributed by atoms with E-state index < -0.39 is 0 Å². The van der Waals surface area contributed by atoms with E-state index in [1.54, 1.807) is 0 Å². The summed E-state index contributed by atoms with van der Waals surface area (Å²) < 4.78 is 0. The van der Waals surface area contributed by atoms with Gasteiger partial charge in [-0.05, 0) is 12.1 Å². The first-order valence-electron chi connectivity index (χ1n) is 5.19. The summed E-state index contributed by atoms with van der Waals surface area (Å²) in [6.45, 7) is 0. The minimum Gasteiger partial charge on any atom is -0.309 e. The summed E-state index contributed by atoms with van der Waals surface area (Å²) in [5.74, 6) is 0.541. The first-order chi connectivity index (χ1) is 8.74. The van der Waals surface area contributed by atoms with Crippen LogP contribution < -0.4 is 5.32 Å². The van der Waals surface area contributed by atoms with Gasteiger partial charge in [0.2, 0.25) is 5.91 Å². The van der Waals surface area contributed by atoms with Crippen molar-refractivity contribution in [1.29, 1.82) is 0 Å². The van der Waals surface area contributed by atoms with E-state index in [2.05, 4.69) is 15.3 Å². The molecule has 6 heteroatoms. The summed E-state index contributed by atoms with van der Waals surface area (Å²) in [5, 5.41) is 2.89. The number of halogens is 1. The highest BCUT2D eigenvalue weighted by atomic mass is 35.5. The molecule has 4 nitrogen and oxygen atoms in total. The Hall–Kier alpha value is -1.59. The molecule has 2 aromatic rings. The zero-order chi connectivity index (χ0) is 12.8. The minimum absolute atomic E-state index is 0.139. The normalized spacial score (nSPS) is 10.1. The van der Waals surface area contributed by atoms with Crippen LogP contribution in [-0.2, 0) is 4.79 Å². The molecule has 1 aromatic heterocycles. The fraction of sp³-hybridized carbons (Fsp3) is 0.0833. The highest BCUT2D eigenvalue weighted by Crippen LogP contribution is 2.17. The topological polar surface area (TPSA) is 54.9 Å². The van der Waals surface area contributed by atoms with Gasteiger partial charge in [-0.2, -0.15) is 0 Å². The van der Waals surface area contributed by atoms with Gasteiger partial charge in [0, 0.05) is 4.90 Å². The molecule has 0 spiro atoms. The van der Waals surface area contributed by atoms with Gasteiger partial charge in [-0.25, -0.2) is 4.98 Å². The molecule has 92 valence electrons. The SMILES string of the molecule is O=C(CSc1ccccc1)Nc1cncc(Cl)n1. The van der Waals surface area contributed by atoms with Gasteiger partial charge in [-0.1, -0.05) is 29.8 Å². The molecule has 18 heavy (non-hydrogen) atoms. The largest absolute Gasteiger partial charge is 0.309 e. The quantitative estimate of drug-likeness (QED) is 0.875. The van der Waals surface area contributed by atoms with E-state index in [1.165, 1.54) is 24.2 Å². The molecule has 0 unspecified atom stereocenters. The van der Waals surface area contributed by atoms with Crippen molar-refractivity contribution in [2.75, 3.05) is 11.1 Å². The fourth-order valence-electron chi connectivity index (χ4n) is 1.25. The number of benzene rings is 1. The van der Waals surface area contributed by atoms with Crippen molar-refractivity contribution < 1.29 is 4.79 Å². The second kappa shape index (κ2) is 6.37. The highest BCUT2D eigenvalue weighted by molar-refractivity contribution is 8.00. The van der Waals surface area contributed by atoms with E-state index in [9.17, 15) is 4.79 Å². The summed E-state index contributed by atoms with van der Waals surface area (Å²) in [6.07, 6.45) is 2.87. The maximum Gasteiger partial charge on any atom is 0.235 e. The fourth-order valence-corrected chi connectivity index (χ4v) is 2.11. The van der Waals surface area contributed by atoms with Gasteiger partial charge in [-0.3, -0.25) is 9.78 Å². The van der Waals surface area contributed by atoms with Gasteiger partial charge < -0.3 is 5.32 Å². The van der Waals surface area contributed by atoms with Crippen LogP contribution in [0.2, 0.25) is 5.15 Å². The number of nitrogens with one attached hydrogen (secondary N) is 1. The first-order valence-corrected chi connectivity index (χ1v) is 6.55. The molecule has 0 saturated heterocycles. The zero-order valence-corrected chi connectivity index (χ0v) is 10.9. The number of hydrogen-bond donors (Lipinski definition) is 1. The second-order valence-corrected chi connectivity index (χ2v) is 4.81. The Morgan fingerprint density at radius 2 is 2.06 bits per heavy atom. The van der Waals surface area contributed by atoms with Gasteiger partial charge in [-0.15, -0.1) is 11.8 Å². The Morgan fingerprint density at radius 1 is 1.28 bits per heavy atom. The molecule has 0 bridgehead atoms. The summed E-state index contributed by atoms with van der Waals surface area (Å²) in [5.41, 5.74) is 0. The average molecular weight is 280 g/mol. The molecule has 2 rings (SSSR count).